The van der Waals surface area contributed by atoms with Crippen LogP contribution in [0.5, 0.6) is 0 Å². The fourth-order valence-corrected chi connectivity index (χ4v) is 4.94. The number of aryl methyl sites for hydroxylation is 2. The summed E-state index contributed by atoms with van der Waals surface area (Å²) in [6.45, 7) is 5.99. The quantitative estimate of drug-likeness (QED) is 0.251. The molecule has 0 spiro atoms. The third-order valence-electron chi connectivity index (χ3n) is 6.92. The number of hydrogen-bond acceptors (Lipinski definition) is 1. The summed E-state index contributed by atoms with van der Waals surface area (Å²) < 4.78 is 17.0. The third kappa shape index (κ3) is 3.30. The van der Waals surface area contributed by atoms with Gasteiger partial charge in [-0.2, -0.15) is 0 Å². The number of aromatic nitrogens is 1. The molecule has 0 fully saturated rings. The van der Waals surface area contributed by atoms with Gasteiger partial charge in [-0.25, -0.2) is 4.57 Å². The highest BCUT2D eigenvalue weighted by Crippen LogP contribution is 2.39. The Morgan fingerprint density at radius 3 is 2.26 bits per heavy atom. The van der Waals surface area contributed by atoms with Gasteiger partial charge in [0, 0.05) is 24.3 Å². The molecule has 0 N–H and O–H groups in total. The first-order valence-electron chi connectivity index (χ1n) is 12.3. The average molecular weight is 444 g/mol. The normalized spacial score (nSPS) is 12.5. The summed E-state index contributed by atoms with van der Waals surface area (Å²) in [5.74, 6) is -0.605. The SMILES string of the molecule is [2H]C(C)(C)c1ccc(-c2cc[n+](C)c(-c3c(C)ccc4c3oc3cc5ccccc5cc34)c2)cc1. The first kappa shape index (κ1) is 19.5. The van der Waals surface area contributed by atoms with Gasteiger partial charge in [0.1, 0.15) is 18.2 Å². The maximum atomic E-state index is 8.30. The number of furan rings is 1. The van der Waals surface area contributed by atoms with Crippen molar-refractivity contribution in [3.8, 4) is 22.4 Å². The lowest BCUT2D eigenvalue weighted by atomic mass is 9.96. The molecule has 0 aliphatic carbocycles. The second-order valence-corrected chi connectivity index (χ2v) is 9.42. The van der Waals surface area contributed by atoms with Gasteiger partial charge in [0.2, 0.25) is 5.69 Å². The topological polar surface area (TPSA) is 17.0 Å². The number of nitrogens with zero attached hydrogens (tertiary/aromatic N) is 1. The van der Waals surface area contributed by atoms with Crippen molar-refractivity contribution < 1.29 is 10.4 Å². The minimum Gasteiger partial charge on any atom is -0.455 e. The standard InChI is InChI=1S/C32H28NO/c1-20(2)22-10-12-23(13-11-22)26-15-16-33(4)29(18-26)31-21(3)9-14-27-28-17-24-7-5-6-8-25(24)19-30(28)34-32(27)31/h5-20H,1-4H3/q+1/i20D. The van der Waals surface area contributed by atoms with Crippen LogP contribution >= 0.6 is 0 Å². The molecule has 34 heavy (non-hydrogen) atoms. The largest absolute Gasteiger partial charge is 0.455 e. The van der Waals surface area contributed by atoms with Gasteiger partial charge in [0.05, 0.1) is 5.56 Å². The second-order valence-electron chi connectivity index (χ2n) is 9.42. The lowest BCUT2D eigenvalue weighted by molar-refractivity contribution is -0.660. The van der Waals surface area contributed by atoms with Gasteiger partial charge in [-0.1, -0.05) is 74.5 Å². The number of pyridine rings is 1. The highest BCUT2D eigenvalue weighted by atomic mass is 16.3. The van der Waals surface area contributed by atoms with Crippen molar-refractivity contribution in [3.05, 3.63) is 102 Å². The fraction of sp³-hybridized carbons (Fsp3) is 0.156. The third-order valence-corrected chi connectivity index (χ3v) is 6.92. The molecular formula is C32H28NO+. The van der Waals surface area contributed by atoms with Crippen molar-refractivity contribution in [2.45, 2.75) is 26.7 Å². The van der Waals surface area contributed by atoms with Crippen LogP contribution in [0.1, 0.15) is 32.2 Å². The molecule has 0 saturated carbocycles. The van der Waals surface area contributed by atoms with E-state index in [4.69, 9.17) is 5.79 Å². The van der Waals surface area contributed by atoms with Gasteiger partial charge in [-0.15, -0.1) is 0 Å². The molecule has 0 aliphatic heterocycles. The average Bonchev–Trinajstić information content (AvgIpc) is 3.20. The number of rotatable bonds is 3. The minimum absolute atomic E-state index is 0.605. The molecule has 0 atom stereocenters. The van der Waals surface area contributed by atoms with E-state index in [-0.39, 0.29) is 0 Å². The fourth-order valence-electron chi connectivity index (χ4n) is 4.94. The molecule has 0 saturated heterocycles. The van der Waals surface area contributed by atoms with Crippen LogP contribution in [0.4, 0.5) is 0 Å². The van der Waals surface area contributed by atoms with Crippen LogP contribution in [0.15, 0.2) is 95.5 Å². The van der Waals surface area contributed by atoms with E-state index in [0.29, 0.717) is 0 Å². The van der Waals surface area contributed by atoms with Crippen molar-refractivity contribution in [3.63, 3.8) is 0 Å². The lowest BCUT2D eigenvalue weighted by Gasteiger charge is -2.09. The van der Waals surface area contributed by atoms with Gasteiger partial charge in [-0.3, -0.25) is 0 Å². The zero-order valence-electron chi connectivity index (χ0n) is 21.0. The van der Waals surface area contributed by atoms with E-state index >= 15 is 0 Å². The molecule has 0 radical (unpaired) electrons. The Labute approximate surface area is 201 Å². The monoisotopic (exact) mass is 443 g/mol. The molecule has 0 bridgehead atoms. The smallest absolute Gasteiger partial charge is 0.216 e. The molecule has 2 heterocycles. The van der Waals surface area contributed by atoms with Crippen LogP contribution in [-0.4, -0.2) is 0 Å². The van der Waals surface area contributed by atoms with E-state index in [1.807, 2.05) is 13.8 Å². The van der Waals surface area contributed by atoms with Crippen LogP contribution in [0.25, 0.3) is 55.1 Å². The summed E-state index contributed by atoms with van der Waals surface area (Å²) in [5.41, 5.74) is 8.55. The Morgan fingerprint density at radius 2 is 1.53 bits per heavy atom. The zero-order chi connectivity index (χ0) is 24.3. The molecule has 6 aromatic rings. The molecule has 0 unspecified atom stereocenters. The molecule has 0 aliphatic rings. The van der Waals surface area contributed by atoms with E-state index in [1.165, 1.54) is 16.3 Å². The van der Waals surface area contributed by atoms with Crippen molar-refractivity contribution in [1.29, 1.82) is 0 Å². The van der Waals surface area contributed by atoms with Crippen molar-refractivity contribution in [2.24, 2.45) is 7.05 Å². The van der Waals surface area contributed by atoms with Gasteiger partial charge in [-0.05, 0) is 58.0 Å². The van der Waals surface area contributed by atoms with E-state index < -0.39 is 5.89 Å². The molecule has 6 rings (SSSR count). The van der Waals surface area contributed by atoms with Gasteiger partial charge in [0.25, 0.3) is 0 Å². The van der Waals surface area contributed by atoms with Crippen LogP contribution in [0.3, 0.4) is 0 Å². The molecule has 2 aromatic heterocycles. The molecule has 0 amide bonds. The Bertz CT molecular complexity index is 1740. The lowest BCUT2D eigenvalue weighted by Crippen LogP contribution is -2.30. The van der Waals surface area contributed by atoms with Crippen LogP contribution in [0, 0.1) is 6.92 Å². The molecular weight excluding hydrogens is 414 g/mol. The molecule has 2 nitrogen and oxygen atoms in total. The maximum absolute atomic E-state index is 8.30. The van der Waals surface area contributed by atoms with Gasteiger partial charge in [0.15, 0.2) is 6.20 Å². The Balaban J connectivity index is 1.55. The predicted octanol–water partition coefficient (Wildman–Crippen LogP) is 8.33. The van der Waals surface area contributed by atoms with E-state index in [9.17, 15) is 0 Å². The number of hydrogen-bond donors (Lipinski definition) is 0. The van der Waals surface area contributed by atoms with Crippen LogP contribution in [-0.2, 0) is 7.05 Å². The highest BCUT2D eigenvalue weighted by Gasteiger charge is 2.21. The molecule has 2 heteroatoms. The van der Waals surface area contributed by atoms with Crippen LogP contribution < -0.4 is 4.57 Å². The summed E-state index contributed by atoms with van der Waals surface area (Å²) in [7, 11) is 2.08. The van der Waals surface area contributed by atoms with Crippen LogP contribution in [0.2, 0.25) is 0 Å². The van der Waals surface area contributed by atoms with E-state index in [1.54, 1.807) is 0 Å². The first-order valence-corrected chi connectivity index (χ1v) is 11.8. The first-order chi connectivity index (χ1) is 16.8. The second kappa shape index (κ2) is 7.85. The highest BCUT2D eigenvalue weighted by molar-refractivity contribution is 6.13. The van der Waals surface area contributed by atoms with Crippen molar-refractivity contribution in [1.82, 2.24) is 0 Å². The van der Waals surface area contributed by atoms with E-state index in [0.717, 1.165) is 49.9 Å². The Kier molecular flexibility index (Phi) is 4.51. The van der Waals surface area contributed by atoms with Gasteiger partial charge >= 0.3 is 0 Å². The summed E-state index contributed by atoms with van der Waals surface area (Å²) in [5, 5.41) is 4.69. The van der Waals surface area contributed by atoms with Gasteiger partial charge < -0.3 is 4.42 Å². The van der Waals surface area contributed by atoms with Crippen molar-refractivity contribution in [2.75, 3.05) is 0 Å². The Hall–Kier alpha value is -3.91. The molecule has 4 aromatic carbocycles. The number of benzene rings is 4. The maximum Gasteiger partial charge on any atom is 0.216 e. The number of fused-ring (bicyclic) bond motifs is 4. The predicted molar refractivity (Wildman–Crippen MR) is 142 cm³/mol. The Morgan fingerprint density at radius 1 is 0.794 bits per heavy atom. The zero-order valence-corrected chi connectivity index (χ0v) is 20.0. The minimum atomic E-state index is -0.605. The summed E-state index contributed by atoms with van der Waals surface area (Å²) >= 11 is 0. The summed E-state index contributed by atoms with van der Waals surface area (Å²) in [6.07, 6.45) is 2.11. The summed E-state index contributed by atoms with van der Waals surface area (Å²) in [4.78, 5) is 0. The van der Waals surface area contributed by atoms with Crippen molar-refractivity contribution >= 4 is 32.7 Å². The van der Waals surface area contributed by atoms with E-state index in [2.05, 4.69) is 110 Å². The summed E-state index contributed by atoms with van der Waals surface area (Å²) in [6, 6.07) is 29.9. The molecule has 166 valence electrons.